The summed E-state index contributed by atoms with van der Waals surface area (Å²) in [5.74, 6) is -0.380. The molecule has 14 heavy (non-hydrogen) atoms. The van der Waals surface area contributed by atoms with Crippen molar-refractivity contribution < 1.29 is 9.53 Å². The van der Waals surface area contributed by atoms with E-state index in [1.54, 1.807) is 0 Å². The van der Waals surface area contributed by atoms with Crippen molar-refractivity contribution in [3.8, 4) is 0 Å². The molecule has 0 unspecified atom stereocenters. The average Bonchev–Trinajstić information content (AvgIpc) is 2.02. The summed E-state index contributed by atoms with van der Waals surface area (Å²) in [6.07, 6.45) is 1.12. The summed E-state index contributed by atoms with van der Waals surface area (Å²) in [4.78, 5) is 9.83. The quantitative estimate of drug-likeness (QED) is 0.687. The van der Waals surface area contributed by atoms with Gasteiger partial charge in [0.1, 0.15) is 0 Å². The highest BCUT2D eigenvalue weighted by atomic mass is 35.5. The second kappa shape index (κ2) is 10.8. The van der Waals surface area contributed by atoms with Gasteiger partial charge in [-0.2, -0.15) is 0 Å². The standard InChI is InChI=1S/C6H15N.C3H7NO2.ClH/c1-6(2,3)4-5-7;1-6-3(5)2-4;/h4-5,7H2,1-3H3;2,4H2,1H3;1H. The van der Waals surface area contributed by atoms with Crippen LogP contribution in [0.25, 0.3) is 0 Å². The van der Waals surface area contributed by atoms with Gasteiger partial charge in [0.05, 0.1) is 13.7 Å². The first-order chi connectivity index (χ1) is 5.87. The van der Waals surface area contributed by atoms with Gasteiger partial charge in [-0.3, -0.25) is 4.79 Å². The molecule has 0 spiro atoms. The number of rotatable bonds is 2. The van der Waals surface area contributed by atoms with Crippen molar-refractivity contribution >= 4 is 18.4 Å². The maximum Gasteiger partial charge on any atom is 0.319 e. The van der Waals surface area contributed by atoms with Crippen molar-refractivity contribution in [2.45, 2.75) is 27.2 Å². The molecule has 4 N–H and O–H groups in total. The van der Waals surface area contributed by atoms with E-state index in [0.717, 1.165) is 13.0 Å². The lowest BCUT2D eigenvalue weighted by atomic mass is 9.93. The molecule has 4 nitrogen and oxygen atoms in total. The summed E-state index contributed by atoms with van der Waals surface area (Å²) in [6, 6.07) is 0. The highest BCUT2D eigenvalue weighted by Crippen LogP contribution is 2.15. The largest absolute Gasteiger partial charge is 0.468 e. The van der Waals surface area contributed by atoms with Crippen LogP contribution in [-0.4, -0.2) is 26.2 Å². The Morgan fingerprint density at radius 1 is 1.29 bits per heavy atom. The number of hydrogen-bond donors (Lipinski definition) is 2. The molecule has 0 aromatic heterocycles. The zero-order valence-corrected chi connectivity index (χ0v) is 10.3. The van der Waals surface area contributed by atoms with Crippen LogP contribution in [0.3, 0.4) is 0 Å². The van der Waals surface area contributed by atoms with E-state index < -0.39 is 0 Å². The smallest absolute Gasteiger partial charge is 0.319 e. The van der Waals surface area contributed by atoms with E-state index in [4.69, 9.17) is 11.5 Å². The molecule has 0 aliphatic rings. The molecule has 0 saturated heterocycles. The fourth-order valence-corrected chi connectivity index (χ4v) is 0.516. The Balaban J connectivity index is -0.000000163. The van der Waals surface area contributed by atoms with Crippen LogP contribution < -0.4 is 11.5 Å². The lowest BCUT2D eigenvalue weighted by Crippen LogP contribution is -2.14. The SMILES string of the molecule is CC(C)(C)CCN.COC(=O)CN.Cl. The molecule has 0 bridgehead atoms. The number of esters is 1. The van der Waals surface area contributed by atoms with E-state index in [2.05, 4.69) is 25.5 Å². The van der Waals surface area contributed by atoms with Crippen molar-refractivity contribution in [2.75, 3.05) is 20.2 Å². The molecule has 0 heterocycles. The summed E-state index contributed by atoms with van der Waals surface area (Å²) >= 11 is 0. The summed E-state index contributed by atoms with van der Waals surface area (Å²) in [7, 11) is 1.30. The molecule has 0 aromatic rings. The maximum atomic E-state index is 9.83. The van der Waals surface area contributed by atoms with Gasteiger partial charge in [-0.05, 0) is 18.4 Å². The van der Waals surface area contributed by atoms with Crippen LogP contribution in [0, 0.1) is 5.41 Å². The molecule has 0 radical (unpaired) electrons. The molecular weight excluding hydrogens is 204 g/mol. The van der Waals surface area contributed by atoms with Gasteiger partial charge in [0.15, 0.2) is 0 Å². The van der Waals surface area contributed by atoms with Crippen LogP contribution in [0.2, 0.25) is 0 Å². The predicted molar refractivity (Wildman–Crippen MR) is 61.4 cm³/mol. The lowest BCUT2D eigenvalue weighted by Gasteiger charge is -2.15. The minimum Gasteiger partial charge on any atom is -0.468 e. The predicted octanol–water partition coefficient (Wildman–Crippen LogP) is 0.921. The van der Waals surface area contributed by atoms with Gasteiger partial charge >= 0.3 is 5.97 Å². The fraction of sp³-hybridized carbons (Fsp3) is 0.889. The highest BCUT2D eigenvalue weighted by Gasteiger charge is 2.06. The van der Waals surface area contributed by atoms with Crippen molar-refractivity contribution in [1.82, 2.24) is 0 Å². The molecule has 0 rings (SSSR count). The number of carbonyl (C=O) groups is 1. The number of carbonyl (C=O) groups excluding carboxylic acids is 1. The molecule has 0 fully saturated rings. The molecule has 0 aromatic carbocycles. The Hall–Kier alpha value is -0.320. The van der Waals surface area contributed by atoms with E-state index >= 15 is 0 Å². The first kappa shape index (κ1) is 19.3. The number of halogens is 1. The lowest BCUT2D eigenvalue weighted by molar-refractivity contribution is -0.138. The summed E-state index contributed by atoms with van der Waals surface area (Å²) in [6.45, 7) is 7.36. The van der Waals surface area contributed by atoms with E-state index in [1.807, 2.05) is 0 Å². The summed E-state index contributed by atoms with van der Waals surface area (Å²) in [5, 5.41) is 0. The van der Waals surface area contributed by atoms with Crippen LogP contribution >= 0.6 is 12.4 Å². The maximum absolute atomic E-state index is 9.83. The third kappa shape index (κ3) is 22.6. The van der Waals surface area contributed by atoms with Gasteiger partial charge in [0.25, 0.3) is 0 Å². The first-order valence-electron chi connectivity index (χ1n) is 4.34. The topological polar surface area (TPSA) is 78.3 Å². The Morgan fingerprint density at radius 2 is 1.71 bits per heavy atom. The zero-order valence-electron chi connectivity index (χ0n) is 9.50. The van der Waals surface area contributed by atoms with Crippen LogP contribution in [-0.2, 0) is 9.53 Å². The number of methoxy groups -OCH3 is 1. The summed E-state index contributed by atoms with van der Waals surface area (Å²) < 4.78 is 4.14. The van der Waals surface area contributed by atoms with Crippen molar-refractivity contribution in [2.24, 2.45) is 16.9 Å². The number of nitrogens with two attached hydrogens (primary N) is 2. The monoisotopic (exact) mass is 226 g/mol. The second-order valence-corrected chi connectivity index (χ2v) is 3.88. The minimum absolute atomic E-state index is 0. The number of hydrogen-bond acceptors (Lipinski definition) is 4. The number of ether oxygens (including phenoxy) is 1. The second-order valence-electron chi connectivity index (χ2n) is 3.88. The highest BCUT2D eigenvalue weighted by molar-refractivity contribution is 5.85. The van der Waals surface area contributed by atoms with Gasteiger partial charge in [0.2, 0.25) is 0 Å². The van der Waals surface area contributed by atoms with Gasteiger partial charge in [0, 0.05) is 0 Å². The van der Waals surface area contributed by atoms with Crippen molar-refractivity contribution in [3.05, 3.63) is 0 Å². The Bertz CT molecular complexity index is 129. The molecule has 88 valence electrons. The minimum atomic E-state index is -0.380. The molecule has 0 aliphatic carbocycles. The molecule has 5 heteroatoms. The van der Waals surface area contributed by atoms with Crippen LogP contribution in [0.4, 0.5) is 0 Å². The summed E-state index contributed by atoms with van der Waals surface area (Å²) in [5.41, 5.74) is 10.5. The van der Waals surface area contributed by atoms with E-state index in [1.165, 1.54) is 7.11 Å². The van der Waals surface area contributed by atoms with Crippen LogP contribution in [0.15, 0.2) is 0 Å². The third-order valence-corrected chi connectivity index (χ3v) is 1.29. The van der Waals surface area contributed by atoms with Crippen molar-refractivity contribution in [3.63, 3.8) is 0 Å². The Morgan fingerprint density at radius 3 is 1.71 bits per heavy atom. The Kier molecular flexibility index (Phi) is 14.8. The zero-order chi connectivity index (χ0) is 10.9. The van der Waals surface area contributed by atoms with Crippen LogP contribution in [0.5, 0.6) is 0 Å². The van der Waals surface area contributed by atoms with Gasteiger partial charge in [-0.25, -0.2) is 0 Å². The van der Waals surface area contributed by atoms with E-state index in [0.29, 0.717) is 5.41 Å². The molecule has 0 aliphatic heterocycles. The fourth-order valence-electron chi connectivity index (χ4n) is 0.516. The molecule has 0 amide bonds. The van der Waals surface area contributed by atoms with E-state index in [-0.39, 0.29) is 24.9 Å². The van der Waals surface area contributed by atoms with Gasteiger partial charge in [-0.1, -0.05) is 20.8 Å². The average molecular weight is 227 g/mol. The molecular formula is C9H23ClN2O2. The van der Waals surface area contributed by atoms with E-state index in [9.17, 15) is 4.79 Å². The normalized spacial score (nSPS) is 9.29. The van der Waals surface area contributed by atoms with Crippen molar-refractivity contribution in [1.29, 1.82) is 0 Å². The molecule has 0 saturated carbocycles. The van der Waals surface area contributed by atoms with Gasteiger partial charge < -0.3 is 16.2 Å². The molecule has 0 atom stereocenters. The first-order valence-corrected chi connectivity index (χ1v) is 4.34. The third-order valence-electron chi connectivity index (χ3n) is 1.29. The Labute approximate surface area is 92.8 Å². The van der Waals surface area contributed by atoms with Crippen LogP contribution in [0.1, 0.15) is 27.2 Å². The van der Waals surface area contributed by atoms with Gasteiger partial charge in [-0.15, -0.1) is 12.4 Å².